The Hall–Kier alpha value is -4.33. The van der Waals surface area contributed by atoms with Crippen LogP contribution < -0.4 is 10.6 Å². The highest BCUT2D eigenvalue weighted by atomic mass is 19.4. The number of carbonyl (C=O) groups excluding carboxylic acids is 1. The summed E-state index contributed by atoms with van der Waals surface area (Å²) in [6.07, 6.45) is 0.914. The lowest BCUT2D eigenvalue weighted by Crippen LogP contribution is -2.35. The number of aromatic nitrogens is 6. The average Bonchev–Trinajstić information content (AvgIpc) is 3.52. The first kappa shape index (κ1) is 28.2. The smallest absolute Gasteiger partial charge is 0.401 e. The number of alkyl halides is 3. The van der Waals surface area contributed by atoms with Gasteiger partial charge in [-0.2, -0.15) is 18.3 Å². The van der Waals surface area contributed by atoms with Crippen molar-refractivity contribution in [1.29, 1.82) is 0 Å². The topological polar surface area (TPSA) is 127 Å². The van der Waals surface area contributed by atoms with Gasteiger partial charge in [0.15, 0.2) is 0 Å². The van der Waals surface area contributed by atoms with Crippen molar-refractivity contribution in [2.24, 2.45) is 7.05 Å². The third-order valence-electron chi connectivity index (χ3n) is 6.53. The van der Waals surface area contributed by atoms with Gasteiger partial charge >= 0.3 is 18.0 Å². The highest BCUT2D eigenvalue weighted by Gasteiger charge is 2.34. The molecule has 1 atom stereocenters. The molecule has 0 radical (unpaired) electrons. The minimum Gasteiger partial charge on any atom is -0.416 e. The number of nitrogens with one attached hydrogen (secondary N) is 2. The monoisotopic (exact) mass is 569 g/mol. The molecule has 1 aliphatic heterocycles. The Labute approximate surface area is 234 Å². The van der Waals surface area contributed by atoms with Crippen molar-refractivity contribution in [3.8, 4) is 11.3 Å². The highest BCUT2D eigenvalue weighted by molar-refractivity contribution is 5.89. The molecule has 1 aliphatic rings. The van der Waals surface area contributed by atoms with Crippen molar-refractivity contribution >= 4 is 17.5 Å². The van der Waals surface area contributed by atoms with Crippen molar-refractivity contribution in [2.75, 3.05) is 18.4 Å². The predicted molar refractivity (Wildman–Crippen MR) is 143 cm³/mol. The second-order valence-corrected chi connectivity index (χ2v) is 11.0. The molecule has 0 spiro atoms. The van der Waals surface area contributed by atoms with Crippen LogP contribution in [-0.4, -0.2) is 60.0 Å². The molecular weight excluding hydrogens is 539 g/mol. The quantitative estimate of drug-likeness (QED) is 0.344. The first-order valence-corrected chi connectivity index (χ1v) is 13.0. The van der Waals surface area contributed by atoms with Crippen LogP contribution in [0.4, 0.5) is 24.8 Å². The molecule has 4 heterocycles. The van der Waals surface area contributed by atoms with Crippen molar-refractivity contribution < 1.29 is 22.4 Å². The molecule has 0 aliphatic carbocycles. The number of halogens is 3. The van der Waals surface area contributed by atoms with Crippen LogP contribution in [0.15, 0.2) is 47.3 Å². The highest BCUT2D eigenvalue weighted by Crippen LogP contribution is 2.32. The number of nitrogens with zero attached hydrogens (tertiary/aromatic N) is 7. The Morgan fingerprint density at radius 2 is 1.98 bits per heavy atom. The molecule has 216 valence electrons. The van der Waals surface area contributed by atoms with Gasteiger partial charge in [0.2, 0.25) is 11.8 Å². The molecule has 5 rings (SSSR count). The third kappa shape index (κ3) is 6.88. The zero-order chi connectivity index (χ0) is 29.4. The summed E-state index contributed by atoms with van der Waals surface area (Å²) in [7, 11) is 1.79. The molecule has 0 fully saturated rings. The lowest BCUT2D eigenvalue weighted by Gasteiger charge is -2.22. The van der Waals surface area contributed by atoms with Gasteiger partial charge in [-0.1, -0.05) is 32.9 Å². The fourth-order valence-electron chi connectivity index (χ4n) is 4.60. The first-order valence-electron chi connectivity index (χ1n) is 13.0. The number of aryl methyl sites for hydroxylation is 1. The van der Waals surface area contributed by atoms with Gasteiger partial charge in [0, 0.05) is 43.5 Å². The van der Waals surface area contributed by atoms with Gasteiger partial charge < -0.3 is 15.1 Å². The maximum atomic E-state index is 13.4. The van der Waals surface area contributed by atoms with E-state index in [1.807, 2.05) is 39.0 Å². The minimum atomic E-state index is -4.37. The molecule has 0 saturated carbocycles. The summed E-state index contributed by atoms with van der Waals surface area (Å²) in [5.41, 5.74) is 2.92. The molecule has 4 aromatic rings. The minimum absolute atomic E-state index is 0.0512. The number of hydrogen-bond donors (Lipinski definition) is 2. The molecule has 0 saturated heterocycles. The molecule has 41 heavy (non-hydrogen) atoms. The summed E-state index contributed by atoms with van der Waals surface area (Å²) in [6.45, 7) is 4.75. The van der Waals surface area contributed by atoms with Crippen LogP contribution in [0.3, 0.4) is 0 Å². The van der Waals surface area contributed by atoms with Crippen LogP contribution in [0.2, 0.25) is 0 Å². The fraction of sp³-hybridized carbons (Fsp3) is 0.407. The normalized spacial score (nSPS) is 16.2. The fourth-order valence-corrected chi connectivity index (χ4v) is 4.60. The summed E-state index contributed by atoms with van der Waals surface area (Å²) in [4.78, 5) is 23.2. The molecule has 0 unspecified atom stereocenters. The lowest BCUT2D eigenvalue weighted by atomic mass is 9.96. The van der Waals surface area contributed by atoms with E-state index in [1.54, 1.807) is 36.4 Å². The number of carbonyl (C=O) groups is 1. The number of rotatable bonds is 6. The number of benzene rings is 1. The summed E-state index contributed by atoms with van der Waals surface area (Å²) in [5.74, 6) is -0.117. The van der Waals surface area contributed by atoms with E-state index < -0.39 is 30.1 Å². The van der Waals surface area contributed by atoms with Crippen molar-refractivity contribution in [1.82, 2.24) is 40.2 Å². The number of anilines is 2. The Bertz CT molecular complexity index is 1540. The van der Waals surface area contributed by atoms with Crippen LogP contribution in [0.25, 0.3) is 11.3 Å². The van der Waals surface area contributed by atoms with Crippen LogP contribution >= 0.6 is 0 Å². The van der Waals surface area contributed by atoms with Crippen LogP contribution in [0.5, 0.6) is 0 Å². The standard InChI is InChI=1S/C27H30F3N9O2/c1-26(2,3)24-37-36-23(41-24)22(40)34-21-8-10-39(15-27(28,29)30)13-17-11-16(5-6-19(17)21)20-7-9-31-25(35-20)33-18-12-32-38(4)14-18/h5-7,9,11-12,14,21H,8,10,13,15H2,1-4H3,(H,34,40)(H,31,33,35)/t21-/m1/s1. The van der Waals surface area contributed by atoms with E-state index in [-0.39, 0.29) is 25.4 Å². The number of amides is 1. The van der Waals surface area contributed by atoms with Crippen LogP contribution in [0, 0.1) is 0 Å². The molecule has 1 aromatic carbocycles. The molecule has 0 bridgehead atoms. The van der Waals surface area contributed by atoms with Gasteiger partial charge in [-0.3, -0.25) is 14.4 Å². The van der Waals surface area contributed by atoms with E-state index in [4.69, 9.17) is 4.42 Å². The molecule has 14 heteroatoms. The first-order chi connectivity index (χ1) is 19.3. The Morgan fingerprint density at radius 1 is 1.17 bits per heavy atom. The van der Waals surface area contributed by atoms with E-state index in [2.05, 4.69) is 35.9 Å². The summed E-state index contributed by atoms with van der Waals surface area (Å²) >= 11 is 0. The molecule has 11 nitrogen and oxygen atoms in total. The largest absolute Gasteiger partial charge is 0.416 e. The molecule has 1 amide bonds. The second-order valence-electron chi connectivity index (χ2n) is 11.0. The van der Waals surface area contributed by atoms with E-state index in [0.717, 1.165) is 0 Å². The summed E-state index contributed by atoms with van der Waals surface area (Å²) in [5, 5.41) is 17.9. The molecule has 2 N–H and O–H groups in total. The van der Waals surface area contributed by atoms with E-state index >= 15 is 0 Å². The van der Waals surface area contributed by atoms with E-state index in [0.29, 0.717) is 39.9 Å². The molecular formula is C27H30F3N9O2. The number of hydrogen-bond acceptors (Lipinski definition) is 9. The maximum absolute atomic E-state index is 13.4. The third-order valence-corrected chi connectivity index (χ3v) is 6.53. The van der Waals surface area contributed by atoms with Crippen LogP contribution in [0.1, 0.15) is 60.9 Å². The van der Waals surface area contributed by atoms with Crippen LogP contribution in [-0.2, 0) is 19.0 Å². The Balaban J connectivity index is 1.43. The lowest BCUT2D eigenvalue weighted by molar-refractivity contribution is -0.147. The zero-order valence-electron chi connectivity index (χ0n) is 23.0. The van der Waals surface area contributed by atoms with Gasteiger partial charge in [0.05, 0.1) is 30.2 Å². The summed E-state index contributed by atoms with van der Waals surface area (Å²) in [6, 6.07) is 6.62. The van der Waals surface area contributed by atoms with Gasteiger partial charge in [0.25, 0.3) is 0 Å². The second kappa shape index (κ2) is 10.9. The summed E-state index contributed by atoms with van der Waals surface area (Å²) < 4.78 is 47.3. The average molecular weight is 570 g/mol. The Morgan fingerprint density at radius 3 is 2.66 bits per heavy atom. The van der Waals surface area contributed by atoms with Crippen molar-refractivity contribution in [3.63, 3.8) is 0 Å². The van der Waals surface area contributed by atoms with Crippen molar-refractivity contribution in [3.05, 3.63) is 65.8 Å². The predicted octanol–water partition coefficient (Wildman–Crippen LogP) is 4.54. The number of fused-ring (bicyclic) bond motifs is 1. The van der Waals surface area contributed by atoms with E-state index in [1.165, 1.54) is 4.90 Å². The van der Waals surface area contributed by atoms with Crippen molar-refractivity contribution in [2.45, 2.75) is 51.4 Å². The molecule has 3 aromatic heterocycles. The maximum Gasteiger partial charge on any atom is 0.401 e. The van der Waals surface area contributed by atoms with Gasteiger partial charge in [-0.15, -0.1) is 10.2 Å². The SMILES string of the molecule is Cn1cc(Nc2nccc(-c3ccc4c(c3)CN(CC(F)(F)F)CC[C@H]4NC(=O)c3nnc(C(C)(C)C)o3)n2)cn1. The Kier molecular flexibility index (Phi) is 7.51. The van der Waals surface area contributed by atoms with Gasteiger partial charge in [0.1, 0.15) is 0 Å². The zero-order valence-corrected chi connectivity index (χ0v) is 23.0. The van der Waals surface area contributed by atoms with Gasteiger partial charge in [-0.05, 0) is 29.7 Å². The van der Waals surface area contributed by atoms with Gasteiger partial charge in [-0.25, -0.2) is 9.97 Å². The van der Waals surface area contributed by atoms with E-state index in [9.17, 15) is 18.0 Å².